The third kappa shape index (κ3) is 2.53. The lowest BCUT2D eigenvalue weighted by Crippen LogP contribution is -2.03. The quantitative estimate of drug-likeness (QED) is 0.576. The number of ether oxygens (including phenoxy) is 1. The van der Waals surface area contributed by atoms with Crippen molar-refractivity contribution >= 4 is 33.1 Å². The number of para-hydroxylation sites is 1. The molecule has 4 rings (SSSR count). The van der Waals surface area contributed by atoms with Crippen LogP contribution in [0.25, 0.3) is 10.2 Å². The van der Waals surface area contributed by atoms with Crippen molar-refractivity contribution in [1.82, 2.24) is 9.97 Å². The number of benzene rings is 1. The number of nitrogens with zero attached hydrogens (tertiary/aromatic N) is 3. The van der Waals surface area contributed by atoms with Crippen molar-refractivity contribution in [3.8, 4) is 5.75 Å². The highest BCUT2D eigenvalue weighted by Crippen LogP contribution is 2.39. The number of methoxy groups -OCH3 is 1. The summed E-state index contributed by atoms with van der Waals surface area (Å²) in [6.07, 6.45) is 5.07. The lowest BCUT2D eigenvalue weighted by Gasteiger charge is -2.08. The molecule has 24 heavy (non-hydrogen) atoms. The molecule has 2 heterocycles. The average Bonchev–Trinajstić information content (AvgIpc) is 3.20. The van der Waals surface area contributed by atoms with Crippen molar-refractivity contribution in [2.24, 2.45) is 5.10 Å². The third-order valence-electron chi connectivity index (χ3n) is 4.33. The first-order chi connectivity index (χ1) is 11.8. The molecule has 0 unspecified atom stereocenters. The molecule has 0 atom stereocenters. The van der Waals surface area contributed by atoms with Crippen molar-refractivity contribution in [3.63, 3.8) is 0 Å². The minimum Gasteiger partial charge on any atom is -0.496 e. The maximum absolute atomic E-state index is 5.40. The van der Waals surface area contributed by atoms with Gasteiger partial charge in [0.15, 0.2) is 5.82 Å². The summed E-state index contributed by atoms with van der Waals surface area (Å²) < 4.78 is 5.40. The van der Waals surface area contributed by atoms with Crippen LogP contribution in [0.2, 0.25) is 0 Å². The molecule has 1 N–H and O–H groups in total. The van der Waals surface area contributed by atoms with Gasteiger partial charge in [0, 0.05) is 10.4 Å². The lowest BCUT2D eigenvalue weighted by atomic mass is 10.1. The second-order valence-electron chi connectivity index (χ2n) is 5.77. The smallest absolute Gasteiger partial charge is 0.158 e. The van der Waals surface area contributed by atoms with Gasteiger partial charge in [-0.25, -0.2) is 9.97 Å². The third-order valence-corrected chi connectivity index (χ3v) is 5.53. The largest absolute Gasteiger partial charge is 0.496 e. The molecule has 3 aromatic rings. The van der Waals surface area contributed by atoms with Crippen molar-refractivity contribution in [2.75, 3.05) is 12.5 Å². The van der Waals surface area contributed by atoms with Crippen molar-refractivity contribution in [2.45, 2.75) is 26.2 Å². The molecule has 0 saturated heterocycles. The van der Waals surface area contributed by atoms with Crippen LogP contribution in [0.5, 0.6) is 5.75 Å². The van der Waals surface area contributed by atoms with Crippen LogP contribution in [0.4, 0.5) is 5.82 Å². The monoisotopic (exact) mass is 338 g/mol. The standard InChI is InChI=1S/C18H18N4OS/c1-11(12-6-3-4-8-14(12)23-2)21-22-17-16-13-7-5-9-15(13)24-18(16)20-10-19-17/h3-4,6,8,10H,5,7,9H2,1-2H3,(H,19,20,22)/b21-11-. The molecule has 0 aliphatic heterocycles. The zero-order chi connectivity index (χ0) is 16.5. The van der Waals surface area contributed by atoms with E-state index in [-0.39, 0.29) is 0 Å². The zero-order valence-electron chi connectivity index (χ0n) is 13.7. The number of aromatic nitrogens is 2. The van der Waals surface area contributed by atoms with E-state index < -0.39 is 0 Å². The lowest BCUT2D eigenvalue weighted by molar-refractivity contribution is 0.414. The molecule has 0 bridgehead atoms. The van der Waals surface area contributed by atoms with Crippen LogP contribution >= 0.6 is 11.3 Å². The van der Waals surface area contributed by atoms with Crippen LogP contribution in [-0.4, -0.2) is 22.8 Å². The Hall–Kier alpha value is -2.47. The Kier molecular flexibility index (Phi) is 3.90. The molecule has 1 aliphatic carbocycles. The van der Waals surface area contributed by atoms with Gasteiger partial charge in [-0.1, -0.05) is 12.1 Å². The van der Waals surface area contributed by atoms with E-state index in [1.807, 2.05) is 31.2 Å². The van der Waals surface area contributed by atoms with Gasteiger partial charge in [0.25, 0.3) is 0 Å². The van der Waals surface area contributed by atoms with Gasteiger partial charge in [-0.3, -0.25) is 5.43 Å². The molecule has 0 spiro atoms. The Bertz CT molecular complexity index is 932. The number of hydrogen-bond donors (Lipinski definition) is 1. The number of rotatable bonds is 4. The van der Waals surface area contributed by atoms with E-state index in [1.165, 1.54) is 16.9 Å². The second-order valence-corrected chi connectivity index (χ2v) is 6.85. The topological polar surface area (TPSA) is 59.4 Å². The molecule has 0 saturated carbocycles. The normalized spacial score (nSPS) is 14.0. The van der Waals surface area contributed by atoms with Gasteiger partial charge in [-0.15, -0.1) is 11.3 Å². The van der Waals surface area contributed by atoms with Crippen LogP contribution < -0.4 is 10.2 Å². The summed E-state index contributed by atoms with van der Waals surface area (Å²) in [5, 5.41) is 5.66. The number of aryl methyl sites for hydroxylation is 2. The molecule has 2 aromatic heterocycles. The minimum atomic E-state index is 0.786. The number of nitrogens with one attached hydrogen (secondary N) is 1. The van der Waals surface area contributed by atoms with Crippen LogP contribution in [0.15, 0.2) is 35.7 Å². The minimum absolute atomic E-state index is 0.786. The molecule has 5 nitrogen and oxygen atoms in total. The number of fused-ring (bicyclic) bond motifs is 3. The predicted molar refractivity (Wildman–Crippen MR) is 98.3 cm³/mol. The molecule has 122 valence electrons. The number of hydrazone groups is 1. The average molecular weight is 338 g/mol. The van der Waals surface area contributed by atoms with Crippen molar-refractivity contribution in [3.05, 3.63) is 46.6 Å². The Morgan fingerprint density at radius 2 is 2.12 bits per heavy atom. The van der Waals surface area contributed by atoms with Crippen molar-refractivity contribution < 1.29 is 4.74 Å². The Balaban J connectivity index is 1.70. The predicted octanol–water partition coefficient (Wildman–Crippen LogP) is 4.02. The molecule has 0 fully saturated rings. The summed E-state index contributed by atoms with van der Waals surface area (Å²) in [5.74, 6) is 1.60. The highest BCUT2D eigenvalue weighted by atomic mass is 32.1. The molecule has 0 radical (unpaired) electrons. The fraction of sp³-hybridized carbons (Fsp3) is 0.278. The SMILES string of the molecule is COc1ccccc1/C(C)=N\Nc1ncnc2sc3c(c12)CCC3. The fourth-order valence-corrected chi connectivity index (χ4v) is 4.38. The summed E-state index contributed by atoms with van der Waals surface area (Å²) in [6, 6.07) is 7.86. The summed E-state index contributed by atoms with van der Waals surface area (Å²) >= 11 is 1.78. The van der Waals surface area contributed by atoms with E-state index >= 15 is 0 Å². The van der Waals surface area contributed by atoms with E-state index in [1.54, 1.807) is 24.8 Å². The molecule has 0 amide bonds. The highest BCUT2D eigenvalue weighted by molar-refractivity contribution is 7.19. The van der Waals surface area contributed by atoms with Gasteiger partial charge in [-0.05, 0) is 43.9 Å². The Labute approximate surface area is 144 Å². The molecular formula is C18H18N4OS. The van der Waals surface area contributed by atoms with Crippen LogP contribution in [0.3, 0.4) is 0 Å². The molecular weight excluding hydrogens is 320 g/mol. The van der Waals surface area contributed by atoms with Crippen LogP contribution in [0, 0.1) is 0 Å². The second kappa shape index (κ2) is 6.20. The van der Waals surface area contributed by atoms with Crippen LogP contribution in [0.1, 0.15) is 29.3 Å². The summed E-state index contributed by atoms with van der Waals surface area (Å²) in [4.78, 5) is 11.3. The van der Waals surface area contributed by atoms with Crippen LogP contribution in [-0.2, 0) is 12.8 Å². The molecule has 1 aliphatic rings. The van der Waals surface area contributed by atoms with Gasteiger partial charge in [0.2, 0.25) is 0 Å². The van der Waals surface area contributed by atoms with E-state index in [0.717, 1.165) is 45.9 Å². The Morgan fingerprint density at radius 1 is 1.25 bits per heavy atom. The van der Waals surface area contributed by atoms with Gasteiger partial charge in [0.1, 0.15) is 16.9 Å². The van der Waals surface area contributed by atoms with Gasteiger partial charge in [-0.2, -0.15) is 5.10 Å². The summed E-state index contributed by atoms with van der Waals surface area (Å²) in [5.41, 5.74) is 6.35. The number of hydrogen-bond acceptors (Lipinski definition) is 6. The van der Waals surface area contributed by atoms with E-state index in [0.29, 0.717) is 0 Å². The molecule has 1 aromatic carbocycles. The number of thiophene rings is 1. The maximum Gasteiger partial charge on any atom is 0.158 e. The maximum atomic E-state index is 5.40. The van der Waals surface area contributed by atoms with Gasteiger partial charge < -0.3 is 4.74 Å². The van der Waals surface area contributed by atoms with Crippen molar-refractivity contribution in [1.29, 1.82) is 0 Å². The fourth-order valence-electron chi connectivity index (χ4n) is 3.15. The number of anilines is 1. The van der Waals surface area contributed by atoms with E-state index in [2.05, 4.69) is 20.5 Å². The van der Waals surface area contributed by atoms with E-state index in [4.69, 9.17) is 4.74 Å². The first-order valence-corrected chi connectivity index (χ1v) is 8.78. The first-order valence-electron chi connectivity index (χ1n) is 7.97. The van der Waals surface area contributed by atoms with E-state index in [9.17, 15) is 0 Å². The Morgan fingerprint density at radius 3 is 3.00 bits per heavy atom. The highest BCUT2D eigenvalue weighted by Gasteiger charge is 2.21. The summed E-state index contributed by atoms with van der Waals surface area (Å²) in [7, 11) is 1.67. The summed E-state index contributed by atoms with van der Waals surface area (Å²) in [6.45, 7) is 1.96. The molecule has 6 heteroatoms. The first kappa shape index (κ1) is 15.1. The van der Waals surface area contributed by atoms with Gasteiger partial charge >= 0.3 is 0 Å². The van der Waals surface area contributed by atoms with Gasteiger partial charge in [0.05, 0.1) is 18.2 Å². The zero-order valence-corrected chi connectivity index (χ0v) is 14.5.